The van der Waals surface area contributed by atoms with Crippen LogP contribution in [0.3, 0.4) is 0 Å². The molecule has 0 unspecified atom stereocenters. The number of nitrogens with zero attached hydrogens (tertiary/aromatic N) is 4. The summed E-state index contributed by atoms with van der Waals surface area (Å²) in [4.78, 5) is 17.9. The zero-order valence-corrected chi connectivity index (χ0v) is 17.1. The molecule has 6 nitrogen and oxygen atoms in total. The van der Waals surface area contributed by atoms with E-state index < -0.39 is 0 Å². The summed E-state index contributed by atoms with van der Waals surface area (Å²) in [6, 6.07) is 13.3. The van der Waals surface area contributed by atoms with Gasteiger partial charge in [-0.15, -0.1) is 11.3 Å². The van der Waals surface area contributed by atoms with Gasteiger partial charge in [0.1, 0.15) is 10.8 Å². The Hall–Kier alpha value is -2.68. The normalized spacial score (nSPS) is 10.6. The maximum Gasteiger partial charge on any atom is 0.223 e. The van der Waals surface area contributed by atoms with Crippen molar-refractivity contribution in [3.63, 3.8) is 0 Å². The van der Waals surface area contributed by atoms with Gasteiger partial charge in [0.25, 0.3) is 0 Å². The van der Waals surface area contributed by atoms with Crippen molar-refractivity contribution < 1.29 is 4.74 Å². The summed E-state index contributed by atoms with van der Waals surface area (Å²) in [7, 11) is 0. The van der Waals surface area contributed by atoms with Gasteiger partial charge in [0, 0.05) is 28.7 Å². The fourth-order valence-corrected chi connectivity index (χ4v) is 3.94. The Morgan fingerprint density at radius 3 is 2.71 bits per heavy atom. The first-order valence-electron chi connectivity index (χ1n) is 8.24. The molecule has 0 bridgehead atoms. The third-order valence-electron chi connectivity index (χ3n) is 3.47. The van der Waals surface area contributed by atoms with Crippen molar-refractivity contribution in [2.75, 3.05) is 5.32 Å². The molecule has 4 rings (SSSR count). The molecule has 140 valence electrons. The predicted octanol–water partition coefficient (Wildman–Crippen LogP) is 5.98. The molecular weight excluding hydrogens is 414 g/mol. The van der Waals surface area contributed by atoms with Gasteiger partial charge in [0.15, 0.2) is 16.7 Å². The number of aryl methyl sites for hydroxylation is 1. The van der Waals surface area contributed by atoms with Crippen LogP contribution in [0.25, 0.3) is 0 Å². The van der Waals surface area contributed by atoms with Crippen LogP contribution in [-0.4, -0.2) is 19.9 Å². The van der Waals surface area contributed by atoms with E-state index in [-0.39, 0.29) is 5.28 Å². The first-order chi connectivity index (χ1) is 13.7. The molecule has 0 fully saturated rings. The Morgan fingerprint density at radius 1 is 1.11 bits per heavy atom. The minimum absolute atomic E-state index is 0.205. The fourth-order valence-electron chi connectivity index (χ4n) is 2.28. The summed E-state index contributed by atoms with van der Waals surface area (Å²) in [6.07, 6.45) is 3.37. The third-order valence-corrected chi connectivity index (χ3v) is 5.42. The van der Waals surface area contributed by atoms with E-state index in [1.165, 1.54) is 23.1 Å². The molecule has 0 atom stereocenters. The molecule has 0 aliphatic rings. The van der Waals surface area contributed by atoms with Crippen molar-refractivity contribution in [1.82, 2.24) is 19.9 Å². The summed E-state index contributed by atoms with van der Waals surface area (Å²) in [5.74, 6) is 1.89. The fraction of sp³-hybridized carbons (Fsp3) is 0.0526. The summed E-state index contributed by atoms with van der Waals surface area (Å²) < 4.78 is 6.07. The van der Waals surface area contributed by atoms with Crippen molar-refractivity contribution >= 4 is 45.6 Å². The second kappa shape index (κ2) is 8.55. The number of nitrogens with one attached hydrogen (secondary N) is 1. The Balaban J connectivity index is 1.65. The number of hydrogen-bond acceptors (Lipinski definition) is 8. The molecule has 1 aromatic carbocycles. The lowest BCUT2D eigenvalue weighted by Gasteiger charge is -2.12. The van der Waals surface area contributed by atoms with E-state index >= 15 is 0 Å². The van der Waals surface area contributed by atoms with Crippen LogP contribution in [0.5, 0.6) is 11.5 Å². The largest absolute Gasteiger partial charge is 0.453 e. The molecule has 0 aliphatic carbocycles. The molecule has 0 spiro atoms. The van der Waals surface area contributed by atoms with Gasteiger partial charge in [-0.2, -0.15) is 0 Å². The Labute approximate surface area is 175 Å². The topological polar surface area (TPSA) is 72.8 Å². The van der Waals surface area contributed by atoms with Crippen LogP contribution in [0.15, 0.2) is 70.2 Å². The Bertz CT molecular complexity index is 1090. The van der Waals surface area contributed by atoms with E-state index in [0.717, 1.165) is 26.5 Å². The Kier molecular flexibility index (Phi) is 5.70. The first kappa shape index (κ1) is 18.7. The average molecular weight is 428 g/mol. The van der Waals surface area contributed by atoms with Gasteiger partial charge in [0.05, 0.1) is 5.69 Å². The number of benzene rings is 1. The van der Waals surface area contributed by atoms with Crippen LogP contribution in [0.2, 0.25) is 5.28 Å². The zero-order valence-electron chi connectivity index (χ0n) is 14.7. The van der Waals surface area contributed by atoms with Gasteiger partial charge >= 0.3 is 0 Å². The number of thiazole rings is 1. The molecule has 0 aliphatic heterocycles. The number of ether oxygens (including phenoxy) is 1. The van der Waals surface area contributed by atoms with Gasteiger partial charge in [-0.3, -0.25) is 0 Å². The molecule has 4 aromatic rings. The number of hydrogen-bond donors (Lipinski definition) is 1. The minimum Gasteiger partial charge on any atom is -0.453 e. The van der Waals surface area contributed by atoms with E-state index in [2.05, 4.69) is 25.3 Å². The van der Waals surface area contributed by atoms with E-state index in [0.29, 0.717) is 11.6 Å². The second-order valence-corrected chi connectivity index (χ2v) is 7.91. The smallest absolute Gasteiger partial charge is 0.223 e. The predicted molar refractivity (Wildman–Crippen MR) is 112 cm³/mol. The first-order valence-corrected chi connectivity index (χ1v) is 10.3. The molecule has 0 saturated heterocycles. The van der Waals surface area contributed by atoms with Gasteiger partial charge in [-0.25, -0.2) is 19.9 Å². The van der Waals surface area contributed by atoms with Crippen LogP contribution in [0.1, 0.15) is 5.69 Å². The molecule has 0 amide bonds. The maximum absolute atomic E-state index is 6.07. The minimum atomic E-state index is 0.205. The van der Waals surface area contributed by atoms with Crippen molar-refractivity contribution in [1.29, 1.82) is 0 Å². The number of anilines is 2. The van der Waals surface area contributed by atoms with E-state index in [1.54, 1.807) is 18.5 Å². The van der Waals surface area contributed by atoms with Gasteiger partial charge in [-0.05, 0) is 36.7 Å². The number of halogens is 1. The molecule has 1 N–H and O–H groups in total. The van der Waals surface area contributed by atoms with Crippen LogP contribution in [0.4, 0.5) is 10.9 Å². The number of aromatic nitrogens is 4. The van der Waals surface area contributed by atoms with E-state index in [1.807, 2.05) is 48.7 Å². The van der Waals surface area contributed by atoms with Gasteiger partial charge in [-0.1, -0.05) is 30.0 Å². The number of para-hydroxylation sites is 1. The van der Waals surface area contributed by atoms with Crippen molar-refractivity contribution in [3.8, 4) is 11.5 Å². The summed E-state index contributed by atoms with van der Waals surface area (Å²) in [5, 5.41) is 6.89. The van der Waals surface area contributed by atoms with E-state index in [9.17, 15) is 0 Å². The lowest BCUT2D eigenvalue weighted by Crippen LogP contribution is -1.98. The Morgan fingerprint density at radius 2 is 1.96 bits per heavy atom. The highest BCUT2D eigenvalue weighted by atomic mass is 35.5. The number of rotatable bonds is 6. The van der Waals surface area contributed by atoms with Crippen LogP contribution < -0.4 is 10.1 Å². The molecule has 0 radical (unpaired) electrons. The number of pyridine rings is 1. The highest BCUT2D eigenvalue weighted by Gasteiger charge is 2.12. The highest BCUT2D eigenvalue weighted by Crippen LogP contribution is 2.36. The molecule has 3 aromatic heterocycles. The van der Waals surface area contributed by atoms with Gasteiger partial charge in [0.2, 0.25) is 5.28 Å². The average Bonchev–Trinajstić information content (AvgIpc) is 3.09. The van der Waals surface area contributed by atoms with Crippen LogP contribution in [-0.2, 0) is 0 Å². The zero-order chi connectivity index (χ0) is 19.3. The third kappa shape index (κ3) is 4.78. The van der Waals surface area contributed by atoms with Crippen LogP contribution >= 0.6 is 34.7 Å². The highest BCUT2D eigenvalue weighted by molar-refractivity contribution is 7.99. The second-order valence-electron chi connectivity index (χ2n) is 5.62. The quantitative estimate of drug-likeness (QED) is 0.300. The molecule has 28 heavy (non-hydrogen) atoms. The summed E-state index contributed by atoms with van der Waals surface area (Å²) >= 11 is 8.82. The van der Waals surface area contributed by atoms with Crippen molar-refractivity contribution in [2.45, 2.75) is 16.8 Å². The maximum atomic E-state index is 6.07. The molecule has 9 heteroatoms. The van der Waals surface area contributed by atoms with Crippen molar-refractivity contribution in [3.05, 3.63) is 71.2 Å². The lowest BCUT2D eigenvalue weighted by atomic mass is 10.3. The summed E-state index contributed by atoms with van der Waals surface area (Å²) in [6.45, 7) is 1.95. The molecule has 3 heterocycles. The van der Waals surface area contributed by atoms with Crippen molar-refractivity contribution in [2.24, 2.45) is 0 Å². The molecule has 0 saturated carbocycles. The molecular formula is C19H14ClN5OS2. The standard InChI is InChI=1S/C19H14ClN5OS2/c1-12-11-27-19(23-12)25-17-15(26-13-5-3-2-4-6-13)9-14(10-22-17)28-16-7-8-21-18(20)24-16/h2-11H,1H3,(H,22,23,25). The van der Waals surface area contributed by atoms with Gasteiger partial charge < -0.3 is 10.1 Å². The van der Waals surface area contributed by atoms with Crippen LogP contribution in [0, 0.1) is 6.92 Å². The van der Waals surface area contributed by atoms with E-state index in [4.69, 9.17) is 16.3 Å². The SMILES string of the molecule is Cc1csc(Nc2ncc(Sc3ccnc(Cl)n3)cc2Oc2ccccc2)n1. The summed E-state index contributed by atoms with van der Waals surface area (Å²) in [5.41, 5.74) is 0.950. The lowest BCUT2D eigenvalue weighted by molar-refractivity contribution is 0.481. The monoisotopic (exact) mass is 427 g/mol.